The van der Waals surface area contributed by atoms with Gasteiger partial charge in [-0.25, -0.2) is 5.43 Å². The molecule has 2 fully saturated rings. The Morgan fingerprint density at radius 2 is 2.17 bits per heavy atom. The summed E-state index contributed by atoms with van der Waals surface area (Å²) >= 11 is 13.6. The van der Waals surface area contributed by atoms with Crippen molar-refractivity contribution in [2.24, 2.45) is 22.9 Å². The number of nitrogens with zero attached hydrogens (tertiary/aromatic N) is 1. The molecule has 0 saturated heterocycles. The number of halogens is 2. The Labute approximate surface area is 148 Å². The molecule has 2 aliphatic carbocycles. The van der Waals surface area contributed by atoms with Crippen LogP contribution in [0.15, 0.2) is 23.3 Å². The van der Waals surface area contributed by atoms with Gasteiger partial charge in [-0.1, -0.05) is 35.7 Å². The predicted octanol–water partition coefficient (Wildman–Crippen LogP) is 5.36. The van der Waals surface area contributed by atoms with Crippen LogP contribution in [0.1, 0.15) is 35.4 Å². The molecular formula is C17H16Cl2N2OS. The molecule has 3 atom stereocenters. The Balaban J connectivity index is 1.48. The quantitative estimate of drug-likeness (QED) is 0.576. The van der Waals surface area contributed by atoms with E-state index in [0.29, 0.717) is 20.8 Å². The van der Waals surface area contributed by atoms with Crippen molar-refractivity contribution in [3.8, 4) is 0 Å². The fraction of sp³-hybridized carbons (Fsp3) is 0.412. The zero-order valence-electron chi connectivity index (χ0n) is 12.4. The maximum Gasteiger partial charge on any atom is 0.282 e. The normalized spacial score (nSPS) is 26.4. The molecule has 4 rings (SSSR count). The summed E-state index contributed by atoms with van der Waals surface area (Å²) < 4.78 is 0.907. The number of nitrogens with one attached hydrogen (secondary N) is 1. The topological polar surface area (TPSA) is 41.5 Å². The first-order chi connectivity index (χ1) is 11.1. The Bertz CT molecular complexity index is 801. The number of rotatable bonds is 3. The first-order valence-electron chi connectivity index (χ1n) is 7.83. The van der Waals surface area contributed by atoms with Crippen LogP contribution >= 0.6 is 34.5 Å². The Morgan fingerprint density at radius 1 is 1.30 bits per heavy atom. The van der Waals surface area contributed by atoms with Crippen LogP contribution in [0.5, 0.6) is 0 Å². The highest BCUT2D eigenvalue weighted by Crippen LogP contribution is 2.47. The van der Waals surface area contributed by atoms with E-state index in [4.69, 9.17) is 23.2 Å². The fourth-order valence-corrected chi connectivity index (χ4v) is 5.59. The zero-order chi connectivity index (χ0) is 16.0. The number of hydrogen-bond donors (Lipinski definition) is 1. The summed E-state index contributed by atoms with van der Waals surface area (Å²) in [6, 6.07) is 5.44. The van der Waals surface area contributed by atoms with Crippen molar-refractivity contribution in [2.45, 2.75) is 25.7 Å². The van der Waals surface area contributed by atoms with Crippen LogP contribution in [0.4, 0.5) is 0 Å². The highest BCUT2D eigenvalue weighted by Gasteiger charge is 2.38. The van der Waals surface area contributed by atoms with Crippen LogP contribution in [0.3, 0.4) is 0 Å². The van der Waals surface area contributed by atoms with Crippen molar-refractivity contribution in [1.29, 1.82) is 0 Å². The first-order valence-corrected chi connectivity index (χ1v) is 9.40. The van der Waals surface area contributed by atoms with Crippen molar-refractivity contribution in [3.63, 3.8) is 0 Å². The lowest BCUT2D eigenvalue weighted by molar-refractivity contribution is 0.0959. The summed E-state index contributed by atoms with van der Waals surface area (Å²) in [6.45, 7) is 0. The molecule has 0 radical (unpaired) electrons. The number of benzene rings is 1. The lowest BCUT2D eigenvalue weighted by Crippen LogP contribution is -2.19. The molecule has 6 heteroatoms. The average molecular weight is 367 g/mol. The van der Waals surface area contributed by atoms with Gasteiger partial charge < -0.3 is 0 Å². The van der Waals surface area contributed by atoms with Crippen LogP contribution in [0.25, 0.3) is 10.1 Å². The molecule has 1 heterocycles. The maximum absolute atomic E-state index is 12.3. The maximum atomic E-state index is 12.3. The van der Waals surface area contributed by atoms with Crippen molar-refractivity contribution >= 4 is 56.7 Å². The van der Waals surface area contributed by atoms with Gasteiger partial charge in [0.05, 0.1) is 5.02 Å². The molecule has 1 aromatic carbocycles. The standard InChI is InChI=1S/C17H16Cl2N2OS/c18-12-3-4-13-14(7-12)23-16(15(13)19)17(22)21-20-8-11-6-9-1-2-10(11)5-9/h3-4,7-11H,1-2,5-6H2,(H,21,22)/b20-8-/t9-,10-,11-/m1/s1. The van der Waals surface area contributed by atoms with Gasteiger partial charge >= 0.3 is 0 Å². The smallest absolute Gasteiger partial charge is 0.266 e. The molecule has 2 bridgehead atoms. The van der Waals surface area contributed by atoms with Crippen LogP contribution in [-0.2, 0) is 0 Å². The molecular weight excluding hydrogens is 351 g/mol. The summed E-state index contributed by atoms with van der Waals surface area (Å²) in [4.78, 5) is 12.8. The average Bonchev–Trinajstić information content (AvgIpc) is 3.22. The SMILES string of the molecule is O=C(N/N=C\[C@H]1C[C@@H]2CC[C@@H]1C2)c1sc2cc(Cl)ccc2c1Cl. The van der Waals surface area contributed by atoms with Crippen molar-refractivity contribution in [2.75, 3.05) is 0 Å². The molecule has 3 nitrogen and oxygen atoms in total. The molecule has 0 unspecified atom stereocenters. The predicted molar refractivity (Wildman–Crippen MR) is 96.7 cm³/mol. The van der Waals surface area contributed by atoms with Gasteiger partial charge in [0.2, 0.25) is 0 Å². The minimum Gasteiger partial charge on any atom is -0.266 e. The highest BCUT2D eigenvalue weighted by molar-refractivity contribution is 7.21. The van der Waals surface area contributed by atoms with E-state index in [1.165, 1.54) is 37.0 Å². The van der Waals surface area contributed by atoms with E-state index >= 15 is 0 Å². The largest absolute Gasteiger partial charge is 0.282 e. The number of hydrazone groups is 1. The van der Waals surface area contributed by atoms with Gasteiger partial charge in [-0.2, -0.15) is 5.10 Å². The Kier molecular flexibility index (Phi) is 4.08. The monoisotopic (exact) mass is 366 g/mol. The van der Waals surface area contributed by atoms with E-state index in [2.05, 4.69) is 10.5 Å². The van der Waals surface area contributed by atoms with Crippen LogP contribution < -0.4 is 5.43 Å². The van der Waals surface area contributed by atoms with Crippen molar-refractivity contribution < 1.29 is 4.79 Å². The van der Waals surface area contributed by atoms with Gasteiger partial charge in [0.25, 0.3) is 5.91 Å². The van der Waals surface area contributed by atoms with E-state index in [9.17, 15) is 4.79 Å². The molecule has 0 spiro atoms. The molecule has 1 N–H and O–H groups in total. The molecule has 0 aliphatic heterocycles. The van der Waals surface area contributed by atoms with Gasteiger partial charge in [0.15, 0.2) is 0 Å². The number of amides is 1. The van der Waals surface area contributed by atoms with Crippen molar-refractivity contribution in [1.82, 2.24) is 5.43 Å². The van der Waals surface area contributed by atoms with Gasteiger partial charge in [0.1, 0.15) is 4.88 Å². The fourth-order valence-electron chi connectivity index (χ4n) is 3.90. The molecule has 2 aliphatic rings. The van der Waals surface area contributed by atoms with E-state index in [0.717, 1.165) is 21.9 Å². The van der Waals surface area contributed by atoms with E-state index in [1.807, 2.05) is 18.3 Å². The van der Waals surface area contributed by atoms with Gasteiger partial charge in [0, 0.05) is 21.3 Å². The lowest BCUT2D eigenvalue weighted by Gasteiger charge is -2.16. The number of carbonyl (C=O) groups is 1. The zero-order valence-corrected chi connectivity index (χ0v) is 14.7. The first kappa shape index (κ1) is 15.4. The minimum atomic E-state index is -0.258. The van der Waals surface area contributed by atoms with E-state index < -0.39 is 0 Å². The van der Waals surface area contributed by atoms with E-state index in [1.54, 1.807) is 6.07 Å². The summed E-state index contributed by atoms with van der Waals surface area (Å²) in [5.41, 5.74) is 2.63. The van der Waals surface area contributed by atoms with Gasteiger partial charge in [-0.05, 0) is 49.1 Å². The van der Waals surface area contributed by atoms with Crippen molar-refractivity contribution in [3.05, 3.63) is 33.1 Å². The van der Waals surface area contributed by atoms with Gasteiger partial charge in [-0.15, -0.1) is 11.3 Å². The highest BCUT2D eigenvalue weighted by atomic mass is 35.5. The third-order valence-electron chi connectivity index (χ3n) is 5.02. The number of thiophene rings is 1. The lowest BCUT2D eigenvalue weighted by atomic mass is 9.90. The van der Waals surface area contributed by atoms with Gasteiger partial charge in [-0.3, -0.25) is 4.79 Å². The molecule has 1 aromatic heterocycles. The molecule has 2 saturated carbocycles. The number of carbonyl (C=O) groups excluding carboxylic acids is 1. The summed E-state index contributed by atoms with van der Waals surface area (Å²) in [7, 11) is 0. The number of hydrogen-bond acceptors (Lipinski definition) is 3. The Hall–Kier alpha value is -1.10. The molecule has 23 heavy (non-hydrogen) atoms. The van der Waals surface area contributed by atoms with Crippen LogP contribution in [0, 0.1) is 17.8 Å². The second-order valence-corrected chi connectivity index (χ2v) is 8.31. The summed E-state index contributed by atoms with van der Waals surface area (Å²) in [6.07, 6.45) is 7.12. The number of fused-ring (bicyclic) bond motifs is 3. The minimum absolute atomic E-state index is 0.258. The second kappa shape index (κ2) is 6.08. The summed E-state index contributed by atoms with van der Waals surface area (Å²) in [5, 5.41) is 6.13. The molecule has 2 aromatic rings. The third-order valence-corrected chi connectivity index (χ3v) is 6.91. The summed E-state index contributed by atoms with van der Waals surface area (Å²) in [5.74, 6) is 1.89. The third kappa shape index (κ3) is 2.88. The molecule has 1 amide bonds. The van der Waals surface area contributed by atoms with E-state index in [-0.39, 0.29) is 5.91 Å². The van der Waals surface area contributed by atoms with Crippen LogP contribution in [-0.4, -0.2) is 12.1 Å². The van der Waals surface area contributed by atoms with Crippen LogP contribution in [0.2, 0.25) is 10.0 Å². The Morgan fingerprint density at radius 3 is 2.91 bits per heavy atom. The second-order valence-electron chi connectivity index (χ2n) is 6.44. The molecule has 120 valence electrons.